The van der Waals surface area contributed by atoms with Crippen LogP contribution in [0.5, 0.6) is 0 Å². The van der Waals surface area contributed by atoms with E-state index in [1.54, 1.807) is 4.90 Å². The lowest BCUT2D eigenvalue weighted by atomic mass is 9.82. The third-order valence-corrected chi connectivity index (χ3v) is 5.85. The summed E-state index contributed by atoms with van der Waals surface area (Å²) >= 11 is 0. The topological polar surface area (TPSA) is 41.6 Å². The third kappa shape index (κ3) is 3.28. The second-order valence-electron chi connectivity index (χ2n) is 7.74. The Morgan fingerprint density at radius 3 is 2.67 bits per heavy atom. The van der Waals surface area contributed by atoms with Crippen LogP contribution >= 0.6 is 0 Å². The first-order valence-corrected chi connectivity index (χ1v) is 9.97. The van der Waals surface area contributed by atoms with Gasteiger partial charge < -0.3 is 15.0 Å². The highest BCUT2D eigenvalue weighted by molar-refractivity contribution is 6.06. The van der Waals surface area contributed by atoms with Crippen molar-refractivity contribution in [1.29, 1.82) is 0 Å². The van der Waals surface area contributed by atoms with Gasteiger partial charge in [-0.1, -0.05) is 61.9 Å². The molecule has 0 aliphatic carbocycles. The van der Waals surface area contributed by atoms with Gasteiger partial charge in [0.15, 0.2) is 5.60 Å². The summed E-state index contributed by atoms with van der Waals surface area (Å²) in [7, 11) is 1.86. The fraction of sp³-hybridized carbons (Fsp3) is 0.435. The molecule has 142 valence electrons. The number of carbonyl (C=O) groups excluding carboxylic acids is 1. The minimum atomic E-state index is -0.849. The summed E-state index contributed by atoms with van der Waals surface area (Å²) in [6, 6.07) is 18.7. The number of para-hydroxylation sites is 1. The Labute approximate surface area is 161 Å². The zero-order valence-corrected chi connectivity index (χ0v) is 16.2. The lowest BCUT2D eigenvalue weighted by Gasteiger charge is -2.42. The number of nitrogens with one attached hydrogen (secondary N) is 1. The van der Waals surface area contributed by atoms with Gasteiger partial charge in [0.05, 0.1) is 11.8 Å². The summed E-state index contributed by atoms with van der Waals surface area (Å²) < 4.78 is 6.54. The van der Waals surface area contributed by atoms with Crippen molar-refractivity contribution >= 4 is 11.6 Å². The van der Waals surface area contributed by atoms with E-state index >= 15 is 0 Å². The number of rotatable bonds is 5. The number of carbonyl (C=O) groups is 1. The molecule has 1 spiro atoms. The van der Waals surface area contributed by atoms with Gasteiger partial charge in [0, 0.05) is 31.6 Å². The van der Waals surface area contributed by atoms with E-state index in [1.807, 2.05) is 31.3 Å². The van der Waals surface area contributed by atoms with Crippen molar-refractivity contribution in [2.24, 2.45) is 0 Å². The highest BCUT2D eigenvalue weighted by Gasteiger charge is 2.55. The first-order chi connectivity index (χ1) is 13.1. The molecular weight excluding hydrogens is 336 g/mol. The standard InChI is InChI=1S/C23H28N2O2/c1-3-9-19-14-18(24-16-17-10-5-4-6-11-17)15-23(27-19)20-12-7-8-13-21(20)25(2)22(23)26/h4-8,10-13,18-19,24H,3,9,14-16H2,1-2H3/t18-,19-,23+/m1/s1. The zero-order valence-electron chi connectivity index (χ0n) is 16.2. The van der Waals surface area contributed by atoms with Crippen molar-refractivity contribution in [3.8, 4) is 0 Å². The molecule has 27 heavy (non-hydrogen) atoms. The molecule has 0 saturated carbocycles. The predicted octanol–water partition coefficient (Wildman–Crippen LogP) is 4.00. The molecule has 0 radical (unpaired) electrons. The number of likely N-dealkylation sites (N-methyl/N-ethyl adjacent to an activating group) is 1. The van der Waals surface area contributed by atoms with Gasteiger partial charge in [-0.25, -0.2) is 0 Å². The number of ether oxygens (including phenoxy) is 1. The van der Waals surface area contributed by atoms with Gasteiger partial charge in [0.2, 0.25) is 0 Å². The molecule has 1 N–H and O–H groups in total. The van der Waals surface area contributed by atoms with Crippen LogP contribution in [-0.4, -0.2) is 25.1 Å². The van der Waals surface area contributed by atoms with Crippen LogP contribution in [0.2, 0.25) is 0 Å². The number of hydrogen-bond donors (Lipinski definition) is 1. The van der Waals surface area contributed by atoms with Crippen molar-refractivity contribution in [1.82, 2.24) is 5.32 Å². The molecule has 1 fully saturated rings. The van der Waals surface area contributed by atoms with Gasteiger partial charge in [0.1, 0.15) is 0 Å². The Hall–Kier alpha value is -2.17. The van der Waals surface area contributed by atoms with Gasteiger partial charge in [-0.15, -0.1) is 0 Å². The van der Waals surface area contributed by atoms with Crippen LogP contribution in [0.15, 0.2) is 54.6 Å². The van der Waals surface area contributed by atoms with E-state index < -0.39 is 5.60 Å². The van der Waals surface area contributed by atoms with Gasteiger partial charge in [-0.3, -0.25) is 4.79 Å². The van der Waals surface area contributed by atoms with Crippen LogP contribution in [0, 0.1) is 0 Å². The Kier molecular flexibility index (Phi) is 5.02. The summed E-state index contributed by atoms with van der Waals surface area (Å²) in [5.41, 5.74) is 2.41. The fourth-order valence-electron chi connectivity index (χ4n) is 4.55. The smallest absolute Gasteiger partial charge is 0.263 e. The molecule has 1 saturated heterocycles. The second kappa shape index (κ2) is 7.45. The Balaban J connectivity index is 1.61. The molecule has 4 rings (SSSR count). The van der Waals surface area contributed by atoms with E-state index in [0.29, 0.717) is 6.42 Å². The van der Waals surface area contributed by atoms with Crippen molar-refractivity contribution in [3.63, 3.8) is 0 Å². The average molecular weight is 364 g/mol. The van der Waals surface area contributed by atoms with E-state index in [-0.39, 0.29) is 18.1 Å². The SMILES string of the molecule is CCC[C@@H]1C[C@@H](NCc2ccccc2)C[C@@]2(O1)C(=O)N(C)c1ccccc12. The van der Waals surface area contributed by atoms with E-state index in [2.05, 4.69) is 42.6 Å². The van der Waals surface area contributed by atoms with Crippen molar-refractivity contribution in [2.75, 3.05) is 11.9 Å². The summed E-state index contributed by atoms with van der Waals surface area (Å²) in [4.78, 5) is 15.0. The number of hydrogen-bond acceptors (Lipinski definition) is 3. The monoisotopic (exact) mass is 364 g/mol. The Morgan fingerprint density at radius 1 is 1.15 bits per heavy atom. The molecule has 1 amide bonds. The fourth-order valence-corrected chi connectivity index (χ4v) is 4.55. The minimum Gasteiger partial charge on any atom is -0.357 e. The van der Waals surface area contributed by atoms with Gasteiger partial charge in [-0.2, -0.15) is 0 Å². The molecule has 4 nitrogen and oxygen atoms in total. The zero-order chi connectivity index (χ0) is 18.9. The van der Waals surface area contributed by atoms with Gasteiger partial charge in [-0.05, 0) is 24.5 Å². The van der Waals surface area contributed by atoms with Crippen LogP contribution in [0.1, 0.15) is 43.7 Å². The molecule has 2 heterocycles. The molecule has 3 atom stereocenters. The van der Waals surface area contributed by atoms with Crippen molar-refractivity contribution in [2.45, 2.75) is 56.9 Å². The molecule has 0 aromatic heterocycles. The number of nitrogens with zero attached hydrogens (tertiary/aromatic N) is 1. The van der Waals surface area contributed by atoms with Crippen molar-refractivity contribution < 1.29 is 9.53 Å². The van der Waals surface area contributed by atoms with Crippen LogP contribution in [0.3, 0.4) is 0 Å². The predicted molar refractivity (Wildman–Crippen MR) is 108 cm³/mol. The highest BCUT2D eigenvalue weighted by Crippen LogP contribution is 2.48. The first-order valence-electron chi connectivity index (χ1n) is 9.97. The lowest BCUT2D eigenvalue weighted by Crippen LogP contribution is -2.53. The number of benzene rings is 2. The lowest BCUT2D eigenvalue weighted by molar-refractivity contribution is -0.168. The summed E-state index contributed by atoms with van der Waals surface area (Å²) in [6.07, 6.45) is 3.75. The maximum Gasteiger partial charge on any atom is 0.263 e. The van der Waals surface area contributed by atoms with Crippen molar-refractivity contribution in [3.05, 3.63) is 65.7 Å². The molecule has 2 aliphatic rings. The average Bonchev–Trinajstić information content (AvgIpc) is 2.90. The Bertz CT molecular complexity index is 807. The molecule has 0 unspecified atom stereocenters. The third-order valence-electron chi connectivity index (χ3n) is 5.85. The van der Waals surface area contributed by atoms with Gasteiger partial charge >= 0.3 is 0 Å². The molecule has 0 bridgehead atoms. The highest BCUT2D eigenvalue weighted by atomic mass is 16.5. The summed E-state index contributed by atoms with van der Waals surface area (Å²) in [6.45, 7) is 2.99. The molecule has 2 aliphatic heterocycles. The van der Waals surface area contributed by atoms with E-state index in [4.69, 9.17) is 4.74 Å². The van der Waals surface area contributed by atoms with Crippen LogP contribution < -0.4 is 10.2 Å². The normalized spacial score (nSPS) is 27.2. The maximum absolute atomic E-state index is 13.3. The Morgan fingerprint density at radius 2 is 1.89 bits per heavy atom. The maximum atomic E-state index is 13.3. The molecule has 2 aromatic carbocycles. The quantitative estimate of drug-likeness (QED) is 0.872. The number of fused-ring (bicyclic) bond motifs is 2. The second-order valence-corrected chi connectivity index (χ2v) is 7.74. The molecule has 4 heteroatoms. The van der Waals surface area contributed by atoms with E-state index in [9.17, 15) is 4.79 Å². The molecule has 2 aromatic rings. The summed E-state index contributed by atoms with van der Waals surface area (Å²) in [5.74, 6) is 0.0658. The van der Waals surface area contributed by atoms with E-state index in [1.165, 1.54) is 5.56 Å². The van der Waals surface area contributed by atoms with Crippen LogP contribution in [-0.2, 0) is 21.7 Å². The molecular formula is C23H28N2O2. The number of amides is 1. The first kappa shape index (κ1) is 18.2. The minimum absolute atomic E-state index is 0.0658. The van der Waals surface area contributed by atoms with Gasteiger partial charge in [0.25, 0.3) is 5.91 Å². The number of anilines is 1. The summed E-state index contributed by atoms with van der Waals surface area (Å²) in [5, 5.41) is 3.69. The van der Waals surface area contributed by atoms with Crippen LogP contribution in [0.4, 0.5) is 5.69 Å². The van der Waals surface area contributed by atoms with E-state index in [0.717, 1.165) is 37.1 Å². The largest absolute Gasteiger partial charge is 0.357 e. The van der Waals surface area contributed by atoms with Crippen LogP contribution in [0.25, 0.3) is 0 Å².